The van der Waals surface area contributed by atoms with Gasteiger partial charge in [0.25, 0.3) is 5.56 Å². The van der Waals surface area contributed by atoms with Crippen molar-refractivity contribution in [2.45, 2.75) is 32.7 Å². The number of nitrogens with zero attached hydrogens (tertiary/aromatic N) is 2. The van der Waals surface area contributed by atoms with Gasteiger partial charge < -0.3 is 14.8 Å². The van der Waals surface area contributed by atoms with Crippen molar-refractivity contribution in [1.29, 1.82) is 0 Å². The second-order valence-electron chi connectivity index (χ2n) is 7.23. The van der Waals surface area contributed by atoms with Gasteiger partial charge in [0.1, 0.15) is 0 Å². The van der Waals surface area contributed by atoms with Gasteiger partial charge in [-0.05, 0) is 42.5 Å². The predicted molar refractivity (Wildman–Crippen MR) is 114 cm³/mol. The molecule has 2 N–H and O–H groups in total. The fourth-order valence-corrected chi connectivity index (χ4v) is 3.24. The van der Waals surface area contributed by atoms with Crippen molar-refractivity contribution >= 4 is 16.8 Å². The Morgan fingerprint density at radius 3 is 2.80 bits per heavy atom. The van der Waals surface area contributed by atoms with Crippen LogP contribution in [0.3, 0.4) is 0 Å². The van der Waals surface area contributed by atoms with Crippen molar-refractivity contribution in [3.05, 3.63) is 82.0 Å². The van der Waals surface area contributed by atoms with Gasteiger partial charge in [-0.2, -0.15) is 4.98 Å². The molecule has 0 spiro atoms. The minimum Gasteiger partial charge on any atom is -0.352 e. The summed E-state index contributed by atoms with van der Waals surface area (Å²) in [5.74, 6) is 0.632. The molecule has 0 bridgehead atoms. The standard InChI is InChI=1S/C23H22N4O3/c1-15-10-11-19-17(12-15)13-18(23(29)25-19)22-26-21(30-27-22)9-5-8-20(28)24-14-16-6-3-2-4-7-16/h2-4,6-7,10-13H,5,8-9,14H2,1H3,(H,24,28)(H,25,29). The first-order valence-corrected chi connectivity index (χ1v) is 9.86. The average Bonchev–Trinajstić information content (AvgIpc) is 3.21. The number of fused-ring (bicyclic) bond motifs is 1. The Morgan fingerprint density at radius 1 is 1.13 bits per heavy atom. The van der Waals surface area contributed by atoms with Crippen LogP contribution in [0.1, 0.15) is 29.9 Å². The second kappa shape index (κ2) is 8.73. The van der Waals surface area contributed by atoms with Gasteiger partial charge in [-0.1, -0.05) is 47.1 Å². The minimum absolute atomic E-state index is 0.0278. The number of amides is 1. The average molecular weight is 402 g/mol. The largest absolute Gasteiger partial charge is 0.352 e. The summed E-state index contributed by atoms with van der Waals surface area (Å²) in [6.45, 7) is 2.50. The second-order valence-corrected chi connectivity index (χ2v) is 7.23. The van der Waals surface area contributed by atoms with Crippen molar-refractivity contribution in [1.82, 2.24) is 20.4 Å². The van der Waals surface area contributed by atoms with E-state index in [-0.39, 0.29) is 17.3 Å². The molecule has 0 saturated heterocycles. The normalized spacial score (nSPS) is 11.0. The number of carbonyl (C=O) groups excluding carboxylic acids is 1. The first kappa shape index (κ1) is 19.6. The first-order valence-electron chi connectivity index (χ1n) is 9.86. The highest BCUT2D eigenvalue weighted by molar-refractivity contribution is 5.82. The molecule has 0 unspecified atom stereocenters. The van der Waals surface area contributed by atoms with Gasteiger partial charge in [-0.3, -0.25) is 9.59 Å². The molecule has 0 aliphatic carbocycles. The maximum Gasteiger partial charge on any atom is 0.259 e. The molecule has 30 heavy (non-hydrogen) atoms. The van der Waals surface area contributed by atoms with Crippen molar-refractivity contribution in [2.75, 3.05) is 0 Å². The molecule has 2 heterocycles. The highest BCUT2D eigenvalue weighted by Crippen LogP contribution is 2.19. The molecule has 0 fully saturated rings. The highest BCUT2D eigenvalue weighted by atomic mass is 16.5. The third-order valence-electron chi connectivity index (χ3n) is 4.84. The van der Waals surface area contributed by atoms with Gasteiger partial charge in [-0.15, -0.1) is 0 Å². The molecule has 0 aliphatic heterocycles. The molecule has 0 radical (unpaired) electrons. The van der Waals surface area contributed by atoms with Crippen LogP contribution < -0.4 is 10.9 Å². The predicted octanol–water partition coefficient (Wildman–Crippen LogP) is 3.53. The van der Waals surface area contributed by atoms with Gasteiger partial charge in [0, 0.05) is 24.9 Å². The monoisotopic (exact) mass is 402 g/mol. The topological polar surface area (TPSA) is 101 Å². The number of hydrogen-bond acceptors (Lipinski definition) is 5. The zero-order chi connectivity index (χ0) is 20.9. The van der Waals surface area contributed by atoms with E-state index < -0.39 is 0 Å². The number of H-pyrrole nitrogens is 1. The summed E-state index contributed by atoms with van der Waals surface area (Å²) in [5, 5.41) is 7.75. The molecule has 2 aromatic carbocycles. The molecule has 4 rings (SSSR count). The molecule has 0 aliphatic rings. The van der Waals surface area contributed by atoms with E-state index in [1.165, 1.54) is 0 Å². The molecular formula is C23H22N4O3. The lowest BCUT2D eigenvalue weighted by Gasteiger charge is -2.04. The third kappa shape index (κ3) is 4.63. The van der Waals surface area contributed by atoms with Gasteiger partial charge in [0.2, 0.25) is 17.6 Å². The Labute approximate surface area is 173 Å². The van der Waals surface area contributed by atoms with E-state index in [4.69, 9.17) is 4.52 Å². The van der Waals surface area contributed by atoms with Crippen LogP contribution in [-0.2, 0) is 17.8 Å². The van der Waals surface area contributed by atoms with Crippen molar-refractivity contribution in [3.63, 3.8) is 0 Å². The number of rotatable bonds is 7. The van der Waals surface area contributed by atoms with E-state index in [0.717, 1.165) is 22.0 Å². The summed E-state index contributed by atoms with van der Waals surface area (Å²) < 4.78 is 5.28. The maximum absolute atomic E-state index is 12.4. The van der Waals surface area contributed by atoms with Crippen molar-refractivity contribution in [2.24, 2.45) is 0 Å². The van der Waals surface area contributed by atoms with E-state index in [2.05, 4.69) is 20.4 Å². The van der Waals surface area contributed by atoms with Crippen molar-refractivity contribution in [3.8, 4) is 11.4 Å². The molecule has 0 atom stereocenters. The summed E-state index contributed by atoms with van der Waals surface area (Å²) in [5.41, 5.74) is 3.02. The Bertz CT molecular complexity index is 1230. The molecule has 0 saturated carbocycles. The number of hydrogen-bond donors (Lipinski definition) is 2. The minimum atomic E-state index is -0.265. The quantitative estimate of drug-likeness (QED) is 0.492. The number of aromatic nitrogens is 3. The molecule has 2 aromatic heterocycles. The summed E-state index contributed by atoms with van der Waals surface area (Å²) in [6, 6.07) is 17.3. The molecule has 7 nitrogen and oxygen atoms in total. The van der Waals surface area contributed by atoms with E-state index in [0.29, 0.717) is 37.3 Å². The van der Waals surface area contributed by atoms with Gasteiger partial charge in [-0.25, -0.2) is 0 Å². The number of benzene rings is 2. The smallest absolute Gasteiger partial charge is 0.259 e. The Morgan fingerprint density at radius 2 is 1.97 bits per heavy atom. The zero-order valence-electron chi connectivity index (χ0n) is 16.6. The number of nitrogens with one attached hydrogen (secondary N) is 2. The zero-order valence-corrected chi connectivity index (χ0v) is 16.6. The van der Waals surface area contributed by atoms with Crippen LogP contribution in [0, 0.1) is 6.92 Å². The molecule has 4 aromatic rings. The lowest BCUT2D eigenvalue weighted by atomic mass is 10.1. The van der Waals surface area contributed by atoms with E-state index in [1.807, 2.05) is 55.5 Å². The molecule has 152 valence electrons. The Balaban J connectivity index is 1.35. The highest BCUT2D eigenvalue weighted by Gasteiger charge is 2.14. The summed E-state index contributed by atoms with van der Waals surface area (Å²) in [6.07, 6.45) is 1.41. The SMILES string of the molecule is Cc1ccc2[nH]c(=O)c(-c3noc(CCCC(=O)NCc4ccccc4)n3)cc2c1. The number of carbonyl (C=O) groups is 1. The maximum atomic E-state index is 12.4. The van der Waals surface area contributed by atoms with Crippen LogP contribution in [0.4, 0.5) is 0 Å². The Hall–Kier alpha value is -3.74. The molecule has 7 heteroatoms. The molecular weight excluding hydrogens is 380 g/mol. The van der Waals surface area contributed by atoms with Crippen LogP contribution in [0.5, 0.6) is 0 Å². The fraction of sp³-hybridized carbons (Fsp3) is 0.217. The lowest BCUT2D eigenvalue weighted by molar-refractivity contribution is -0.121. The summed E-state index contributed by atoms with van der Waals surface area (Å²) in [4.78, 5) is 31.6. The van der Waals surface area contributed by atoms with Gasteiger partial charge in [0.15, 0.2) is 0 Å². The summed E-state index contributed by atoms with van der Waals surface area (Å²) >= 11 is 0. The van der Waals surface area contributed by atoms with E-state index >= 15 is 0 Å². The van der Waals surface area contributed by atoms with E-state index in [1.54, 1.807) is 6.07 Å². The number of aromatic amines is 1. The first-order chi connectivity index (χ1) is 14.6. The lowest BCUT2D eigenvalue weighted by Crippen LogP contribution is -2.22. The van der Waals surface area contributed by atoms with Crippen LogP contribution in [-0.4, -0.2) is 21.0 Å². The van der Waals surface area contributed by atoms with Crippen LogP contribution in [0.15, 0.2) is 63.9 Å². The third-order valence-corrected chi connectivity index (χ3v) is 4.84. The van der Waals surface area contributed by atoms with Crippen LogP contribution >= 0.6 is 0 Å². The van der Waals surface area contributed by atoms with Crippen molar-refractivity contribution < 1.29 is 9.32 Å². The van der Waals surface area contributed by atoms with Gasteiger partial charge in [0.05, 0.1) is 5.56 Å². The molecule has 1 amide bonds. The Kier molecular flexibility index (Phi) is 5.70. The van der Waals surface area contributed by atoms with Crippen LogP contribution in [0.2, 0.25) is 0 Å². The fourth-order valence-electron chi connectivity index (χ4n) is 3.24. The van der Waals surface area contributed by atoms with E-state index in [9.17, 15) is 9.59 Å². The number of aryl methyl sites for hydroxylation is 2. The summed E-state index contributed by atoms with van der Waals surface area (Å²) in [7, 11) is 0. The number of pyridine rings is 1. The van der Waals surface area contributed by atoms with Gasteiger partial charge >= 0.3 is 0 Å². The van der Waals surface area contributed by atoms with Crippen LogP contribution in [0.25, 0.3) is 22.3 Å².